The first kappa shape index (κ1) is 14.7. The van der Waals surface area contributed by atoms with E-state index in [1.807, 2.05) is 5.32 Å². The van der Waals surface area contributed by atoms with Crippen LogP contribution in [0.15, 0.2) is 4.90 Å². The SMILES string of the molecule is CNC(=O)c1c(F)c(F)c(SOOO)c(F)c1F. The minimum Gasteiger partial charge on any atom is -0.355 e. The number of hydrogen-bond acceptors (Lipinski definition) is 5. The predicted molar refractivity (Wildman–Crippen MR) is 50.3 cm³/mol. The first-order chi connectivity index (χ1) is 8.45. The van der Waals surface area contributed by atoms with Gasteiger partial charge >= 0.3 is 0 Å². The van der Waals surface area contributed by atoms with Gasteiger partial charge in [0.1, 0.15) is 10.5 Å². The van der Waals surface area contributed by atoms with Crippen LogP contribution >= 0.6 is 12.0 Å². The van der Waals surface area contributed by atoms with Crippen molar-refractivity contribution in [2.75, 3.05) is 7.05 Å². The zero-order valence-electron chi connectivity index (χ0n) is 8.59. The van der Waals surface area contributed by atoms with Crippen LogP contribution in [0.4, 0.5) is 17.6 Å². The number of halogens is 4. The number of rotatable bonds is 4. The molecule has 0 radical (unpaired) electrons. The second kappa shape index (κ2) is 6.00. The van der Waals surface area contributed by atoms with Crippen molar-refractivity contribution in [1.29, 1.82) is 0 Å². The fourth-order valence-electron chi connectivity index (χ4n) is 1.06. The van der Waals surface area contributed by atoms with Gasteiger partial charge in [0, 0.05) is 7.05 Å². The van der Waals surface area contributed by atoms with Gasteiger partial charge in [0.25, 0.3) is 5.91 Å². The number of amides is 1. The van der Waals surface area contributed by atoms with Crippen LogP contribution in [0.5, 0.6) is 0 Å². The van der Waals surface area contributed by atoms with Crippen LogP contribution in [-0.2, 0) is 9.37 Å². The van der Waals surface area contributed by atoms with E-state index in [0.29, 0.717) is 0 Å². The minimum atomic E-state index is -1.89. The Morgan fingerprint density at radius 1 is 1.17 bits per heavy atom. The maximum Gasteiger partial charge on any atom is 0.257 e. The highest BCUT2D eigenvalue weighted by Crippen LogP contribution is 2.31. The molecule has 0 aliphatic rings. The van der Waals surface area contributed by atoms with E-state index in [1.165, 1.54) is 0 Å². The molecule has 0 unspecified atom stereocenters. The molecule has 1 amide bonds. The third-order valence-electron chi connectivity index (χ3n) is 1.83. The standard InChI is InChI=1S/C8H5F4NO4S/c1-13-8(14)2-3(9)5(11)7(18-17-16-15)6(12)4(2)10/h15H,1H3,(H,13,14). The average molecular weight is 287 g/mol. The molecule has 1 rings (SSSR count). The molecule has 5 nitrogen and oxygen atoms in total. The van der Waals surface area contributed by atoms with Crippen LogP contribution in [0, 0.1) is 23.3 Å². The van der Waals surface area contributed by atoms with E-state index >= 15 is 0 Å². The lowest BCUT2D eigenvalue weighted by Gasteiger charge is -2.09. The number of nitrogens with one attached hydrogen (secondary N) is 1. The third kappa shape index (κ3) is 2.56. The zero-order valence-corrected chi connectivity index (χ0v) is 9.41. The van der Waals surface area contributed by atoms with Gasteiger partial charge in [-0.3, -0.25) is 4.79 Å². The van der Waals surface area contributed by atoms with Gasteiger partial charge in [0.2, 0.25) is 0 Å². The number of hydrogen-bond donors (Lipinski definition) is 2. The van der Waals surface area contributed by atoms with Crippen LogP contribution in [0.2, 0.25) is 0 Å². The first-order valence-electron chi connectivity index (χ1n) is 4.18. The second-order valence-corrected chi connectivity index (χ2v) is 3.48. The Morgan fingerprint density at radius 3 is 2.06 bits per heavy atom. The molecule has 18 heavy (non-hydrogen) atoms. The molecule has 0 spiro atoms. The van der Waals surface area contributed by atoms with E-state index in [4.69, 9.17) is 5.26 Å². The highest BCUT2D eigenvalue weighted by atomic mass is 32.2. The lowest BCUT2D eigenvalue weighted by atomic mass is 10.1. The summed E-state index contributed by atoms with van der Waals surface area (Å²) in [6.45, 7) is 0. The molecule has 0 fully saturated rings. The molecule has 2 N–H and O–H groups in total. The largest absolute Gasteiger partial charge is 0.355 e. The molecule has 0 atom stereocenters. The lowest BCUT2D eigenvalue weighted by molar-refractivity contribution is -0.432. The molecule has 10 heteroatoms. The topological polar surface area (TPSA) is 67.8 Å². The van der Waals surface area contributed by atoms with E-state index in [1.54, 1.807) is 0 Å². The Morgan fingerprint density at radius 2 is 1.67 bits per heavy atom. The molecule has 1 aromatic carbocycles. The van der Waals surface area contributed by atoms with Crippen molar-refractivity contribution >= 4 is 17.9 Å². The Hall–Kier alpha value is -1.36. The molecule has 0 aliphatic heterocycles. The molecule has 1 aromatic rings. The molecular formula is C8H5F4NO4S. The van der Waals surface area contributed by atoms with Gasteiger partial charge in [0.15, 0.2) is 23.3 Å². The first-order valence-corrected chi connectivity index (χ1v) is 4.92. The summed E-state index contributed by atoms with van der Waals surface area (Å²) in [4.78, 5) is 9.81. The summed E-state index contributed by atoms with van der Waals surface area (Å²) in [5.41, 5.74) is -1.40. The van der Waals surface area contributed by atoms with Crippen molar-refractivity contribution in [3.63, 3.8) is 0 Å². The lowest BCUT2D eigenvalue weighted by Crippen LogP contribution is -2.23. The summed E-state index contributed by atoms with van der Waals surface area (Å²) in [6.07, 6.45) is 0. The van der Waals surface area contributed by atoms with Crippen LogP contribution in [0.25, 0.3) is 0 Å². The van der Waals surface area contributed by atoms with Gasteiger partial charge < -0.3 is 5.32 Å². The van der Waals surface area contributed by atoms with E-state index in [0.717, 1.165) is 7.05 Å². The van der Waals surface area contributed by atoms with Gasteiger partial charge in [-0.15, -0.1) is 4.33 Å². The van der Waals surface area contributed by atoms with Gasteiger partial charge in [-0.25, -0.2) is 22.8 Å². The molecule has 0 heterocycles. The fourth-order valence-corrected chi connectivity index (χ4v) is 1.48. The van der Waals surface area contributed by atoms with Gasteiger partial charge in [-0.1, -0.05) is 5.04 Å². The maximum absolute atomic E-state index is 13.4. The molecular weight excluding hydrogens is 282 g/mol. The van der Waals surface area contributed by atoms with Gasteiger partial charge in [0.05, 0.1) is 12.0 Å². The van der Waals surface area contributed by atoms with Crippen molar-refractivity contribution in [2.45, 2.75) is 4.90 Å². The van der Waals surface area contributed by atoms with Crippen molar-refractivity contribution in [1.82, 2.24) is 5.32 Å². The van der Waals surface area contributed by atoms with Crippen molar-refractivity contribution < 1.29 is 37.0 Å². The number of benzene rings is 1. The zero-order chi connectivity index (χ0) is 13.9. The normalized spacial score (nSPS) is 10.6. The predicted octanol–water partition coefficient (Wildman–Crippen LogP) is 2.03. The molecule has 0 saturated carbocycles. The molecule has 0 aliphatic carbocycles. The Bertz CT molecular complexity index is 456. The van der Waals surface area contributed by atoms with Crippen LogP contribution in [-0.4, -0.2) is 18.2 Å². The summed E-state index contributed by atoms with van der Waals surface area (Å²) in [6, 6.07) is 0. The maximum atomic E-state index is 13.4. The Balaban J connectivity index is 3.40. The molecule has 0 aromatic heterocycles. The summed E-state index contributed by atoms with van der Waals surface area (Å²) in [5, 5.41) is 12.7. The fraction of sp³-hybridized carbons (Fsp3) is 0.125. The molecule has 0 bridgehead atoms. The van der Waals surface area contributed by atoms with E-state index in [-0.39, 0.29) is 12.0 Å². The Labute approximate surface area is 102 Å². The highest BCUT2D eigenvalue weighted by molar-refractivity contribution is 7.94. The van der Waals surface area contributed by atoms with Crippen LogP contribution < -0.4 is 5.32 Å². The highest BCUT2D eigenvalue weighted by Gasteiger charge is 2.29. The molecule has 0 saturated heterocycles. The smallest absolute Gasteiger partial charge is 0.257 e. The summed E-state index contributed by atoms with van der Waals surface area (Å²) >= 11 is -0.304. The number of carbonyl (C=O) groups excluding carboxylic acids is 1. The summed E-state index contributed by atoms with van der Waals surface area (Å²) < 4.78 is 57.0. The van der Waals surface area contributed by atoms with Gasteiger partial charge in [-0.05, 0) is 0 Å². The summed E-state index contributed by atoms with van der Waals surface area (Å²) in [7, 11) is 1.03. The average Bonchev–Trinajstić information content (AvgIpc) is 2.36. The van der Waals surface area contributed by atoms with Gasteiger partial charge in [-0.2, -0.15) is 0 Å². The number of carbonyl (C=O) groups is 1. The van der Waals surface area contributed by atoms with E-state index < -0.39 is 39.6 Å². The van der Waals surface area contributed by atoms with E-state index in [9.17, 15) is 22.4 Å². The Kier molecular flexibility index (Phi) is 4.90. The molecule has 100 valence electrons. The monoisotopic (exact) mass is 287 g/mol. The van der Waals surface area contributed by atoms with Crippen molar-refractivity contribution in [2.24, 2.45) is 0 Å². The second-order valence-electron chi connectivity index (χ2n) is 2.77. The van der Waals surface area contributed by atoms with Crippen molar-refractivity contribution in [3.8, 4) is 0 Å². The van der Waals surface area contributed by atoms with Crippen LogP contribution in [0.3, 0.4) is 0 Å². The third-order valence-corrected chi connectivity index (χ3v) is 2.48. The quantitative estimate of drug-likeness (QED) is 0.291. The minimum absolute atomic E-state index is 0.304. The van der Waals surface area contributed by atoms with Crippen LogP contribution in [0.1, 0.15) is 10.4 Å². The van der Waals surface area contributed by atoms with Crippen molar-refractivity contribution in [3.05, 3.63) is 28.8 Å². The summed E-state index contributed by atoms with van der Waals surface area (Å²) in [5.74, 6) is -8.82. The van der Waals surface area contributed by atoms with E-state index in [2.05, 4.69) is 9.37 Å².